The molecular weight excluding hydrogens is 436 g/mol. The van der Waals surface area contributed by atoms with E-state index in [0.29, 0.717) is 13.0 Å². The summed E-state index contributed by atoms with van der Waals surface area (Å²) in [6.07, 6.45) is 4.32. The van der Waals surface area contributed by atoms with Gasteiger partial charge in [-0.3, -0.25) is 9.89 Å². The second-order valence-electron chi connectivity index (χ2n) is 10.9. The predicted molar refractivity (Wildman–Crippen MR) is 139 cm³/mol. The molecular formula is C29H38N4O2. The lowest BCUT2D eigenvalue weighted by Gasteiger charge is -2.40. The zero-order valence-corrected chi connectivity index (χ0v) is 21.3. The smallest absolute Gasteiger partial charge is 0.217 e. The van der Waals surface area contributed by atoms with E-state index in [4.69, 9.17) is 0 Å². The first-order valence-corrected chi connectivity index (χ1v) is 12.5. The number of benzene rings is 2. The number of aromatic nitrogens is 2. The number of aromatic amines is 1. The molecule has 0 aliphatic heterocycles. The summed E-state index contributed by atoms with van der Waals surface area (Å²) in [5, 5.41) is 25.4. The second-order valence-corrected chi connectivity index (χ2v) is 10.9. The minimum Gasteiger partial charge on any atom is -0.390 e. The van der Waals surface area contributed by atoms with Gasteiger partial charge in [-0.25, -0.2) is 0 Å². The van der Waals surface area contributed by atoms with Crippen molar-refractivity contribution in [2.75, 3.05) is 6.54 Å². The molecule has 0 saturated carbocycles. The Kier molecular flexibility index (Phi) is 7.43. The predicted octanol–water partition coefficient (Wildman–Crippen LogP) is 3.79. The summed E-state index contributed by atoms with van der Waals surface area (Å²) in [4.78, 5) is 11.9. The molecule has 35 heavy (non-hydrogen) atoms. The number of aryl methyl sites for hydroxylation is 1. The topological polar surface area (TPSA) is 90.0 Å². The lowest BCUT2D eigenvalue weighted by molar-refractivity contribution is -0.120. The van der Waals surface area contributed by atoms with Gasteiger partial charge in [0, 0.05) is 24.7 Å². The van der Waals surface area contributed by atoms with Crippen LogP contribution in [0.4, 0.5) is 0 Å². The summed E-state index contributed by atoms with van der Waals surface area (Å²) < 4.78 is 0. The number of carbonyl (C=O) groups is 1. The van der Waals surface area contributed by atoms with E-state index in [1.807, 2.05) is 36.5 Å². The van der Waals surface area contributed by atoms with Crippen LogP contribution in [0.2, 0.25) is 0 Å². The highest BCUT2D eigenvalue weighted by Crippen LogP contribution is 2.37. The first-order chi connectivity index (χ1) is 16.7. The van der Waals surface area contributed by atoms with Crippen molar-refractivity contribution in [2.24, 2.45) is 0 Å². The summed E-state index contributed by atoms with van der Waals surface area (Å²) in [6.45, 7) is 8.55. The van der Waals surface area contributed by atoms with Crippen LogP contribution < -0.4 is 10.6 Å². The molecule has 3 aromatic rings. The molecule has 1 aliphatic rings. The normalized spacial score (nSPS) is 19.6. The highest BCUT2D eigenvalue weighted by atomic mass is 16.3. The Hall–Kier alpha value is -2.96. The van der Waals surface area contributed by atoms with Crippen LogP contribution in [0.15, 0.2) is 60.8 Å². The van der Waals surface area contributed by atoms with Crippen molar-refractivity contribution in [2.45, 2.75) is 76.5 Å². The van der Waals surface area contributed by atoms with Crippen molar-refractivity contribution in [1.29, 1.82) is 0 Å². The van der Waals surface area contributed by atoms with E-state index in [0.717, 1.165) is 24.8 Å². The lowest BCUT2D eigenvalue weighted by atomic mass is 9.74. The Morgan fingerprint density at radius 1 is 1.17 bits per heavy atom. The van der Waals surface area contributed by atoms with Crippen molar-refractivity contribution >= 4 is 5.91 Å². The first-order valence-electron chi connectivity index (χ1n) is 12.5. The monoisotopic (exact) mass is 474 g/mol. The number of fused-ring (bicyclic) bond motifs is 1. The number of H-pyrrole nitrogens is 1. The summed E-state index contributed by atoms with van der Waals surface area (Å²) in [5.74, 6) is -0.140. The van der Waals surface area contributed by atoms with Gasteiger partial charge in [-0.05, 0) is 53.4 Å². The number of carbonyl (C=O) groups excluding carboxylic acids is 1. The summed E-state index contributed by atoms with van der Waals surface area (Å²) in [6, 6.07) is 18.4. The maximum atomic E-state index is 11.9. The lowest BCUT2D eigenvalue weighted by Crippen LogP contribution is -2.54. The maximum absolute atomic E-state index is 11.9. The van der Waals surface area contributed by atoms with Gasteiger partial charge in [0.05, 0.1) is 18.3 Å². The van der Waals surface area contributed by atoms with E-state index >= 15 is 0 Å². The van der Waals surface area contributed by atoms with Crippen LogP contribution >= 0.6 is 0 Å². The fraction of sp³-hybridized carbons (Fsp3) is 0.448. The third-order valence-electron chi connectivity index (χ3n) is 7.18. The fourth-order valence-electron chi connectivity index (χ4n) is 5.10. The number of hydrogen-bond acceptors (Lipinski definition) is 4. The maximum Gasteiger partial charge on any atom is 0.217 e. The molecule has 3 atom stereocenters. The van der Waals surface area contributed by atoms with Gasteiger partial charge in [0.15, 0.2) is 0 Å². The van der Waals surface area contributed by atoms with Crippen molar-refractivity contribution in [1.82, 2.24) is 20.8 Å². The SMILES string of the molecule is CC(=O)N[C@@H](Cc1ccccc1)[C@H](O)CNC1(c2cccc(C(C)(C)C)c2)CCc2[nH]ncc2C1. The first kappa shape index (κ1) is 25.1. The average molecular weight is 475 g/mol. The molecule has 0 bridgehead atoms. The Bertz CT molecular complexity index is 1130. The van der Waals surface area contributed by atoms with Gasteiger partial charge < -0.3 is 15.7 Å². The van der Waals surface area contributed by atoms with Gasteiger partial charge in [-0.2, -0.15) is 5.10 Å². The molecule has 0 fully saturated rings. The van der Waals surface area contributed by atoms with Crippen LogP contribution in [0, 0.1) is 0 Å². The second kappa shape index (κ2) is 10.3. The Labute approximate surface area is 208 Å². The van der Waals surface area contributed by atoms with Gasteiger partial charge >= 0.3 is 0 Å². The van der Waals surface area contributed by atoms with Crippen molar-refractivity contribution < 1.29 is 9.90 Å². The number of aliphatic hydroxyl groups is 1. The molecule has 0 spiro atoms. The molecule has 6 heteroatoms. The van der Waals surface area contributed by atoms with E-state index in [2.05, 4.69) is 65.9 Å². The van der Waals surface area contributed by atoms with E-state index < -0.39 is 6.10 Å². The molecule has 4 rings (SSSR count). The zero-order chi connectivity index (χ0) is 25.1. The van der Waals surface area contributed by atoms with E-state index in [1.54, 1.807) is 0 Å². The molecule has 4 N–H and O–H groups in total. The Balaban J connectivity index is 1.59. The quantitative estimate of drug-likeness (QED) is 0.400. The highest BCUT2D eigenvalue weighted by molar-refractivity contribution is 5.73. The highest BCUT2D eigenvalue weighted by Gasteiger charge is 2.38. The standard InChI is InChI=1S/C29H38N4O2/c1-20(34)32-26(15-21-9-6-5-7-10-21)27(35)19-30-29(14-13-25-22(17-29)18-31-33-25)24-12-8-11-23(16-24)28(2,3)4/h5-12,16,18,26-27,30,35H,13-15,17,19H2,1-4H3,(H,31,33)(H,32,34)/t26-,27+,29?/m0/s1. The molecule has 1 aliphatic carbocycles. The molecule has 0 radical (unpaired) electrons. The summed E-state index contributed by atoms with van der Waals surface area (Å²) >= 11 is 0. The summed E-state index contributed by atoms with van der Waals surface area (Å²) in [7, 11) is 0. The third-order valence-corrected chi connectivity index (χ3v) is 7.18. The van der Waals surface area contributed by atoms with Gasteiger partial charge in [0.2, 0.25) is 5.91 Å². The fourth-order valence-corrected chi connectivity index (χ4v) is 5.10. The molecule has 6 nitrogen and oxygen atoms in total. The van der Waals surface area contributed by atoms with Crippen LogP contribution in [0.25, 0.3) is 0 Å². The van der Waals surface area contributed by atoms with Gasteiger partial charge in [0.1, 0.15) is 0 Å². The van der Waals surface area contributed by atoms with E-state index in [9.17, 15) is 9.90 Å². The number of nitrogens with one attached hydrogen (secondary N) is 3. The number of rotatable bonds is 8. The van der Waals surface area contributed by atoms with Gasteiger partial charge in [0.25, 0.3) is 0 Å². The van der Waals surface area contributed by atoms with Gasteiger partial charge in [-0.15, -0.1) is 0 Å². The number of hydrogen-bond donors (Lipinski definition) is 4. The molecule has 1 heterocycles. The number of aliphatic hydroxyl groups excluding tert-OH is 1. The number of nitrogens with zero attached hydrogens (tertiary/aromatic N) is 1. The molecule has 1 aromatic heterocycles. The van der Waals surface area contributed by atoms with E-state index in [-0.39, 0.29) is 22.9 Å². The summed E-state index contributed by atoms with van der Waals surface area (Å²) in [5.41, 5.74) is 5.71. The van der Waals surface area contributed by atoms with E-state index in [1.165, 1.54) is 29.3 Å². The van der Waals surface area contributed by atoms with Crippen molar-refractivity contribution in [3.8, 4) is 0 Å². The number of amides is 1. The molecule has 0 saturated heterocycles. The average Bonchev–Trinajstić information content (AvgIpc) is 3.30. The third kappa shape index (κ3) is 6.00. The largest absolute Gasteiger partial charge is 0.390 e. The molecule has 1 amide bonds. The minimum atomic E-state index is -0.743. The molecule has 2 aromatic carbocycles. The Morgan fingerprint density at radius 3 is 2.66 bits per heavy atom. The zero-order valence-electron chi connectivity index (χ0n) is 21.3. The van der Waals surface area contributed by atoms with Crippen molar-refractivity contribution in [3.63, 3.8) is 0 Å². The van der Waals surface area contributed by atoms with Crippen LogP contribution in [0.1, 0.15) is 62.1 Å². The molecule has 1 unspecified atom stereocenters. The van der Waals surface area contributed by atoms with Crippen LogP contribution in [0.5, 0.6) is 0 Å². The van der Waals surface area contributed by atoms with Crippen LogP contribution in [-0.4, -0.2) is 39.9 Å². The Morgan fingerprint density at radius 2 is 1.94 bits per heavy atom. The van der Waals surface area contributed by atoms with Crippen LogP contribution in [0.3, 0.4) is 0 Å². The molecule has 186 valence electrons. The van der Waals surface area contributed by atoms with Crippen molar-refractivity contribution in [3.05, 3.63) is 88.7 Å². The van der Waals surface area contributed by atoms with Crippen LogP contribution in [-0.2, 0) is 35.0 Å². The van der Waals surface area contributed by atoms with Gasteiger partial charge in [-0.1, -0.05) is 75.4 Å². The minimum absolute atomic E-state index is 0.0400.